The van der Waals surface area contributed by atoms with Gasteiger partial charge in [-0.25, -0.2) is 0 Å². The molecule has 3 N–H and O–H groups in total. The van der Waals surface area contributed by atoms with Crippen molar-refractivity contribution in [3.63, 3.8) is 0 Å². The van der Waals surface area contributed by atoms with Gasteiger partial charge in [-0.05, 0) is 47.5 Å². The average molecular weight is 412 g/mol. The van der Waals surface area contributed by atoms with E-state index in [1.807, 2.05) is 36.4 Å². The fourth-order valence-electron chi connectivity index (χ4n) is 3.22. The summed E-state index contributed by atoms with van der Waals surface area (Å²) < 4.78 is 0. The number of aliphatic hydroxyl groups excluding tert-OH is 1. The Balaban J connectivity index is 1.85. The number of hydrogen-bond donors (Lipinski definition) is 3. The van der Waals surface area contributed by atoms with Crippen molar-refractivity contribution in [1.82, 2.24) is 0 Å². The van der Waals surface area contributed by atoms with Crippen LogP contribution in [0.3, 0.4) is 0 Å². The van der Waals surface area contributed by atoms with E-state index in [9.17, 15) is 15.3 Å². The van der Waals surface area contributed by atoms with Gasteiger partial charge in [-0.3, -0.25) is 4.99 Å². The fraction of sp³-hybridized carbons (Fsp3) is 0.136. The molecule has 4 nitrogen and oxygen atoms in total. The van der Waals surface area contributed by atoms with Crippen molar-refractivity contribution in [2.75, 3.05) is 0 Å². The lowest BCUT2D eigenvalue weighted by Gasteiger charge is -2.17. The number of aliphatic hydroxyl groups is 1. The van der Waals surface area contributed by atoms with E-state index in [4.69, 9.17) is 16.6 Å². The Bertz CT molecular complexity index is 1050. The average Bonchev–Trinajstić information content (AvgIpc) is 2.90. The molecule has 0 aliphatic carbocycles. The van der Waals surface area contributed by atoms with E-state index < -0.39 is 0 Å². The smallest absolute Gasteiger partial charge is 0.143 e. The number of hydrogen-bond acceptors (Lipinski definition) is 5. The molecule has 28 heavy (non-hydrogen) atoms. The molecule has 1 unspecified atom stereocenters. The summed E-state index contributed by atoms with van der Waals surface area (Å²) in [4.78, 5) is 5.87. The van der Waals surface area contributed by atoms with Gasteiger partial charge in [0.05, 0.1) is 23.0 Å². The van der Waals surface area contributed by atoms with Crippen LogP contribution in [0.4, 0.5) is 5.69 Å². The van der Waals surface area contributed by atoms with E-state index in [0.717, 1.165) is 16.1 Å². The molecule has 0 amide bonds. The summed E-state index contributed by atoms with van der Waals surface area (Å²) >= 11 is 7.87. The highest BCUT2D eigenvalue weighted by molar-refractivity contribution is 7.99. The molecule has 1 heterocycles. The van der Waals surface area contributed by atoms with Crippen LogP contribution in [-0.2, 0) is 6.61 Å². The van der Waals surface area contributed by atoms with Crippen molar-refractivity contribution in [3.05, 3.63) is 82.4 Å². The second kappa shape index (κ2) is 7.87. The molecule has 3 aromatic carbocycles. The first kappa shape index (κ1) is 18.9. The van der Waals surface area contributed by atoms with Crippen LogP contribution in [0.25, 0.3) is 0 Å². The first-order valence-corrected chi connectivity index (χ1v) is 10.1. The van der Waals surface area contributed by atoms with E-state index in [1.54, 1.807) is 36.0 Å². The zero-order chi connectivity index (χ0) is 19.7. The first-order chi connectivity index (χ1) is 13.5. The van der Waals surface area contributed by atoms with Crippen LogP contribution in [0, 0.1) is 0 Å². The molecule has 1 aliphatic heterocycles. The highest BCUT2D eigenvalue weighted by Crippen LogP contribution is 2.46. The molecule has 1 aliphatic rings. The molecule has 1 atom stereocenters. The number of halogens is 1. The lowest BCUT2D eigenvalue weighted by Crippen LogP contribution is -2.07. The van der Waals surface area contributed by atoms with Crippen molar-refractivity contribution in [2.24, 2.45) is 4.99 Å². The van der Waals surface area contributed by atoms with E-state index in [-0.39, 0.29) is 28.4 Å². The molecule has 0 spiro atoms. The Morgan fingerprint density at radius 2 is 1.79 bits per heavy atom. The van der Waals surface area contributed by atoms with Crippen LogP contribution >= 0.6 is 23.4 Å². The van der Waals surface area contributed by atoms with Crippen LogP contribution < -0.4 is 0 Å². The van der Waals surface area contributed by atoms with Crippen molar-refractivity contribution in [3.8, 4) is 11.5 Å². The van der Waals surface area contributed by atoms with Crippen LogP contribution in [0.15, 0.2) is 70.6 Å². The van der Waals surface area contributed by atoms with Gasteiger partial charge < -0.3 is 15.3 Å². The van der Waals surface area contributed by atoms with Gasteiger partial charge in [0.25, 0.3) is 0 Å². The minimum atomic E-state index is -0.174. The summed E-state index contributed by atoms with van der Waals surface area (Å²) in [5, 5.41) is 30.0. The summed E-state index contributed by atoms with van der Waals surface area (Å²) in [5.74, 6) is 0.184. The number of benzene rings is 3. The minimum Gasteiger partial charge on any atom is -0.508 e. The molecule has 6 heteroatoms. The molecule has 4 rings (SSSR count). The van der Waals surface area contributed by atoms with Crippen LogP contribution in [0.5, 0.6) is 11.5 Å². The number of aromatic hydroxyl groups is 2. The van der Waals surface area contributed by atoms with E-state index >= 15 is 0 Å². The molecule has 0 radical (unpaired) electrons. The third kappa shape index (κ3) is 3.74. The molecule has 3 aromatic rings. The molecule has 0 saturated carbocycles. The number of fused-ring (bicyclic) bond motifs is 1. The normalized spacial score (nSPS) is 16.2. The summed E-state index contributed by atoms with van der Waals surface area (Å²) in [7, 11) is 0. The predicted octanol–water partition coefficient (Wildman–Crippen LogP) is 5.60. The van der Waals surface area contributed by atoms with Gasteiger partial charge in [-0.1, -0.05) is 35.9 Å². The van der Waals surface area contributed by atoms with Gasteiger partial charge in [-0.2, -0.15) is 0 Å². The molecule has 0 bridgehead atoms. The Hall–Kier alpha value is -2.47. The highest BCUT2D eigenvalue weighted by Gasteiger charge is 2.24. The predicted molar refractivity (Wildman–Crippen MR) is 113 cm³/mol. The van der Waals surface area contributed by atoms with Gasteiger partial charge >= 0.3 is 0 Å². The monoisotopic (exact) mass is 411 g/mol. The topological polar surface area (TPSA) is 73.0 Å². The Kier molecular flexibility index (Phi) is 5.31. The summed E-state index contributed by atoms with van der Waals surface area (Å²) in [6.07, 6.45) is 0.558. The summed E-state index contributed by atoms with van der Waals surface area (Å²) in [6, 6.07) is 18.3. The SMILES string of the molecule is OCc1cc(Cl)c(O)c(C2=Nc3ccccc3SC(c3ccc(O)cc3)C2)c1. The van der Waals surface area contributed by atoms with Gasteiger partial charge in [0.1, 0.15) is 11.5 Å². The van der Waals surface area contributed by atoms with Crippen molar-refractivity contribution in [2.45, 2.75) is 23.2 Å². The number of aliphatic imine (C=N–C) groups is 1. The molecular formula is C22H18ClNO3S. The molecular weight excluding hydrogens is 394 g/mol. The Morgan fingerprint density at radius 1 is 1.04 bits per heavy atom. The molecule has 0 aromatic heterocycles. The molecule has 0 saturated heterocycles. The third-order valence-corrected chi connectivity index (χ3v) is 6.26. The van der Waals surface area contributed by atoms with Gasteiger partial charge in [0, 0.05) is 22.1 Å². The van der Waals surface area contributed by atoms with E-state index in [1.165, 1.54) is 0 Å². The summed E-state index contributed by atoms with van der Waals surface area (Å²) in [6.45, 7) is -0.174. The first-order valence-electron chi connectivity index (χ1n) is 8.80. The summed E-state index contributed by atoms with van der Waals surface area (Å²) in [5.41, 5.74) is 3.72. The number of phenolic OH excluding ortho intramolecular Hbond substituents is 2. The minimum absolute atomic E-state index is 0.0357. The van der Waals surface area contributed by atoms with Gasteiger partial charge in [0.15, 0.2) is 0 Å². The number of para-hydroxylation sites is 1. The number of phenols is 2. The Morgan fingerprint density at radius 3 is 2.54 bits per heavy atom. The largest absolute Gasteiger partial charge is 0.508 e. The zero-order valence-electron chi connectivity index (χ0n) is 14.8. The molecule has 142 valence electrons. The second-order valence-electron chi connectivity index (χ2n) is 6.56. The fourth-order valence-corrected chi connectivity index (χ4v) is 4.70. The number of nitrogens with zero attached hydrogens (tertiary/aromatic N) is 1. The standard InChI is InChI=1S/C22H18ClNO3S/c23-17-10-13(12-25)9-16(22(17)27)19-11-21(14-5-7-15(26)8-6-14)28-20-4-2-1-3-18(20)24-19/h1-10,21,25-27H,11-12H2. The van der Waals surface area contributed by atoms with Crippen molar-refractivity contribution >= 4 is 34.8 Å². The van der Waals surface area contributed by atoms with Gasteiger partial charge in [0.2, 0.25) is 0 Å². The number of thioether (sulfide) groups is 1. The van der Waals surface area contributed by atoms with E-state index in [0.29, 0.717) is 23.3 Å². The maximum Gasteiger partial charge on any atom is 0.143 e. The number of rotatable bonds is 3. The van der Waals surface area contributed by atoms with Crippen molar-refractivity contribution in [1.29, 1.82) is 0 Å². The highest BCUT2D eigenvalue weighted by atomic mass is 35.5. The zero-order valence-corrected chi connectivity index (χ0v) is 16.4. The van der Waals surface area contributed by atoms with Gasteiger partial charge in [-0.15, -0.1) is 11.8 Å². The third-order valence-electron chi connectivity index (χ3n) is 4.65. The van der Waals surface area contributed by atoms with Crippen molar-refractivity contribution < 1.29 is 15.3 Å². The van der Waals surface area contributed by atoms with Crippen LogP contribution in [0.2, 0.25) is 5.02 Å². The maximum absolute atomic E-state index is 10.6. The maximum atomic E-state index is 10.6. The van der Waals surface area contributed by atoms with E-state index in [2.05, 4.69) is 0 Å². The van der Waals surface area contributed by atoms with Crippen LogP contribution in [0.1, 0.15) is 28.4 Å². The lowest BCUT2D eigenvalue weighted by atomic mass is 9.98. The van der Waals surface area contributed by atoms with Crippen LogP contribution in [-0.4, -0.2) is 21.0 Å². The lowest BCUT2D eigenvalue weighted by molar-refractivity contribution is 0.281. The molecule has 0 fully saturated rings. The Labute approximate surface area is 172 Å². The quantitative estimate of drug-likeness (QED) is 0.524. The second-order valence-corrected chi connectivity index (χ2v) is 8.21.